The first-order valence-corrected chi connectivity index (χ1v) is 8.95. The Kier molecular flexibility index (Phi) is 5.20. The minimum Gasteiger partial charge on any atom is -0.495 e. The second-order valence-electron chi connectivity index (χ2n) is 7.25. The summed E-state index contributed by atoms with van der Waals surface area (Å²) in [4.78, 5) is 17.0. The molecule has 2 saturated heterocycles. The highest BCUT2D eigenvalue weighted by Crippen LogP contribution is 2.32. The molecule has 0 unspecified atom stereocenters. The Hall–Kier alpha value is -1.79. The van der Waals surface area contributed by atoms with E-state index in [1.807, 2.05) is 36.9 Å². The second kappa shape index (κ2) is 7.22. The van der Waals surface area contributed by atoms with Gasteiger partial charge in [-0.25, -0.2) is 0 Å². The molecule has 1 amide bonds. The summed E-state index contributed by atoms with van der Waals surface area (Å²) in [5.74, 6) is 0.843. The van der Waals surface area contributed by atoms with E-state index in [2.05, 4.69) is 4.90 Å². The van der Waals surface area contributed by atoms with Crippen LogP contribution < -0.4 is 9.64 Å². The molecule has 2 aliphatic rings. The van der Waals surface area contributed by atoms with E-state index in [0.717, 1.165) is 24.5 Å². The van der Waals surface area contributed by atoms with Gasteiger partial charge in [-0.05, 0) is 31.5 Å². The van der Waals surface area contributed by atoms with Crippen molar-refractivity contribution in [1.82, 2.24) is 4.90 Å². The number of anilines is 1. The van der Waals surface area contributed by atoms with Crippen LogP contribution in [-0.4, -0.2) is 68.0 Å². The average molecular weight is 348 g/mol. The summed E-state index contributed by atoms with van der Waals surface area (Å²) >= 11 is 0. The number of likely N-dealkylation sites (tertiary alicyclic amines) is 1. The first-order valence-electron chi connectivity index (χ1n) is 8.95. The molecule has 0 radical (unpaired) electrons. The lowest BCUT2D eigenvalue weighted by Gasteiger charge is -2.41. The van der Waals surface area contributed by atoms with Crippen molar-refractivity contribution in [3.8, 4) is 5.75 Å². The van der Waals surface area contributed by atoms with Crippen molar-refractivity contribution in [2.75, 3.05) is 51.4 Å². The highest BCUT2D eigenvalue weighted by atomic mass is 16.5. The first kappa shape index (κ1) is 18.0. The lowest BCUT2D eigenvalue weighted by molar-refractivity contribution is -0.0439. The van der Waals surface area contributed by atoms with Crippen molar-refractivity contribution in [3.05, 3.63) is 23.8 Å². The van der Waals surface area contributed by atoms with Crippen molar-refractivity contribution in [2.45, 2.75) is 25.9 Å². The van der Waals surface area contributed by atoms with Crippen LogP contribution in [0.5, 0.6) is 5.75 Å². The van der Waals surface area contributed by atoms with E-state index >= 15 is 0 Å². The van der Waals surface area contributed by atoms with Gasteiger partial charge in [0.25, 0.3) is 5.91 Å². The number of piperidine rings is 1. The summed E-state index contributed by atoms with van der Waals surface area (Å²) in [7, 11) is 1.65. The van der Waals surface area contributed by atoms with Gasteiger partial charge in [-0.15, -0.1) is 0 Å². The number of carbonyl (C=O) groups is 1. The van der Waals surface area contributed by atoms with Crippen molar-refractivity contribution < 1.29 is 19.4 Å². The summed E-state index contributed by atoms with van der Waals surface area (Å²) < 4.78 is 10.9. The first-order chi connectivity index (χ1) is 11.9. The summed E-state index contributed by atoms with van der Waals surface area (Å²) in [5.41, 5.74) is 0.903. The number of rotatable bonds is 3. The maximum atomic E-state index is 13.0. The molecule has 0 spiro atoms. The third-order valence-electron chi connectivity index (χ3n) is 5.51. The van der Waals surface area contributed by atoms with Crippen molar-refractivity contribution in [1.29, 1.82) is 0 Å². The number of benzene rings is 1. The molecule has 2 aliphatic heterocycles. The van der Waals surface area contributed by atoms with Gasteiger partial charge in [0, 0.05) is 37.7 Å². The molecule has 25 heavy (non-hydrogen) atoms. The average Bonchev–Trinajstić information content (AvgIpc) is 2.63. The Labute approximate surface area is 149 Å². The van der Waals surface area contributed by atoms with E-state index in [1.54, 1.807) is 7.11 Å². The molecule has 0 aliphatic carbocycles. The monoisotopic (exact) mass is 348 g/mol. The van der Waals surface area contributed by atoms with Crippen LogP contribution in [0.1, 0.15) is 30.6 Å². The lowest BCUT2D eigenvalue weighted by atomic mass is 9.84. The number of amides is 1. The number of ether oxygens (including phenoxy) is 2. The zero-order valence-electron chi connectivity index (χ0n) is 15.3. The largest absolute Gasteiger partial charge is 0.495 e. The summed E-state index contributed by atoms with van der Waals surface area (Å²) in [6, 6.07) is 5.61. The van der Waals surface area contributed by atoms with E-state index in [-0.39, 0.29) is 11.8 Å². The van der Waals surface area contributed by atoms with Crippen LogP contribution >= 0.6 is 0 Å². The van der Waals surface area contributed by atoms with Gasteiger partial charge in [0.15, 0.2) is 0 Å². The molecule has 0 bridgehead atoms. The predicted octanol–water partition coefficient (Wildman–Crippen LogP) is 1.76. The van der Waals surface area contributed by atoms with Gasteiger partial charge >= 0.3 is 0 Å². The van der Waals surface area contributed by atoms with E-state index < -0.39 is 5.60 Å². The van der Waals surface area contributed by atoms with Crippen LogP contribution in [0.4, 0.5) is 5.69 Å². The third kappa shape index (κ3) is 3.75. The molecule has 6 nitrogen and oxygen atoms in total. The molecule has 138 valence electrons. The fourth-order valence-electron chi connectivity index (χ4n) is 3.47. The molecule has 0 aromatic heterocycles. The van der Waals surface area contributed by atoms with E-state index in [4.69, 9.17) is 9.47 Å². The van der Waals surface area contributed by atoms with Gasteiger partial charge in [0.2, 0.25) is 0 Å². The molecule has 1 aromatic rings. The molecule has 2 atom stereocenters. The standard InChI is InChI=1S/C19H28N2O4/c1-14-13-21(7-6-19(14,2)23)18(22)15-4-5-17(24-3)16(12-15)20-8-10-25-11-9-20/h4-5,12,14,23H,6-11,13H2,1-3H3/t14-,19+/m1/s1. The van der Waals surface area contributed by atoms with E-state index in [1.165, 1.54) is 0 Å². The predicted molar refractivity (Wildman–Crippen MR) is 96.3 cm³/mol. The van der Waals surface area contributed by atoms with E-state index in [9.17, 15) is 9.90 Å². The molecule has 2 fully saturated rings. The number of nitrogens with zero attached hydrogens (tertiary/aromatic N) is 2. The fourth-order valence-corrected chi connectivity index (χ4v) is 3.47. The van der Waals surface area contributed by atoms with E-state index in [0.29, 0.717) is 38.3 Å². The minimum atomic E-state index is -0.699. The number of carbonyl (C=O) groups excluding carboxylic acids is 1. The molecule has 6 heteroatoms. The van der Waals surface area contributed by atoms with Crippen LogP contribution in [0.25, 0.3) is 0 Å². The maximum Gasteiger partial charge on any atom is 0.253 e. The number of aliphatic hydroxyl groups is 1. The van der Waals surface area contributed by atoms with Crippen molar-refractivity contribution in [2.24, 2.45) is 5.92 Å². The highest BCUT2D eigenvalue weighted by Gasteiger charge is 2.36. The molecular formula is C19H28N2O4. The zero-order valence-corrected chi connectivity index (χ0v) is 15.3. The van der Waals surface area contributed by atoms with Crippen LogP contribution in [0.3, 0.4) is 0 Å². The van der Waals surface area contributed by atoms with Crippen LogP contribution in [0.2, 0.25) is 0 Å². The van der Waals surface area contributed by atoms with Gasteiger partial charge in [-0.3, -0.25) is 4.79 Å². The second-order valence-corrected chi connectivity index (χ2v) is 7.25. The summed E-state index contributed by atoms with van der Waals surface area (Å²) in [6.07, 6.45) is 0.604. The molecule has 1 N–H and O–H groups in total. The maximum absolute atomic E-state index is 13.0. The number of morpholine rings is 1. The van der Waals surface area contributed by atoms with Crippen LogP contribution in [0, 0.1) is 5.92 Å². The normalized spacial score (nSPS) is 27.3. The van der Waals surface area contributed by atoms with Crippen molar-refractivity contribution in [3.63, 3.8) is 0 Å². The van der Waals surface area contributed by atoms with Crippen LogP contribution in [0.15, 0.2) is 18.2 Å². The van der Waals surface area contributed by atoms with Gasteiger partial charge < -0.3 is 24.4 Å². The quantitative estimate of drug-likeness (QED) is 0.902. The highest BCUT2D eigenvalue weighted by molar-refractivity contribution is 5.95. The molecule has 1 aromatic carbocycles. The lowest BCUT2D eigenvalue weighted by Crippen LogP contribution is -2.50. The third-order valence-corrected chi connectivity index (χ3v) is 5.51. The number of hydrogen-bond acceptors (Lipinski definition) is 5. The molecule has 0 saturated carbocycles. The van der Waals surface area contributed by atoms with Gasteiger partial charge in [0.05, 0.1) is 31.6 Å². The van der Waals surface area contributed by atoms with Crippen molar-refractivity contribution >= 4 is 11.6 Å². The SMILES string of the molecule is COc1ccc(C(=O)N2CC[C@](C)(O)[C@H](C)C2)cc1N1CCOCC1. The van der Waals surface area contributed by atoms with Gasteiger partial charge in [0.1, 0.15) is 5.75 Å². The van der Waals surface area contributed by atoms with Crippen LogP contribution in [-0.2, 0) is 4.74 Å². The molecular weight excluding hydrogens is 320 g/mol. The smallest absolute Gasteiger partial charge is 0.253 e. The zero-order chi connectivity index (χ0) is 18.0. The molecule has 3 rings (SSSR count). The number of methoxy groups -OCH3 is 1. The Morgan fingerprint density at radius 2 is 2.04 bits per heavy atom. The Morgan fingerprint density at radius 1 is 1.32 bits per heavy atom. The minimum absolute atomic E-state index is 0.0134. The number of hydrogen-bond donors (Lipinski definition) is 1. The Bertz CT molecular complexity index is 626. The van der Waals surface area contributed by atoms with Gasteiger partial charge in [-0.2, -0.15) is 0 Å². The summed E-state index contributed by atoms with van der Waals surface area (Å²) in [5, 5.41) is 10.3. The Balaban J connectivity index is 1.81. The fraction of sp³-hybridized carbons (Fsp3) is 0.632. The topological polar surface area (TPSA) is 62.2 Å². The van der Waals surface area contributed by atoms with Gasteiger partial charge in [-0.1, -0.05) is 6.92 Å². The molecule has 2 heterocycles. The Morgan fingerprint density at radius 3 is 2.68 bits per heavy atom. The summed E-state index contributed by atoms with van der Waals surface area (Å²) in [6.45, 7) is 7.94.